The van der Waals surface area contributed by atoms with Crippen molar-refractivity contribution in [2.75, 3.05) is 4.90 Å². The van der Waals surface area contributed by atoms with E-state index in [-0.39, 0.29) is 18.0 Å². The van der Waals surface area contributed by atoms with Gasteiger partial charge in [-0.3, -0.25) is 9.59 Å². The summed E-state index contributed by atoms with van der Waals surface area (Å²) in [4.78, 5) is 30.7. The first-order chi connectivity index (χ1) is 18.0. The number of hydrogen-bond acceptors (Lipinski definition) is 2. The zero-order valence-corrected chi connectivity index (χ0v) is 20.7. The molecule has 0 fully saturated rings. The summed E-state index contributed by atoms with van der Waals surface area (Å²) in [5.74, 6) is -2.66. The van der Waals surface area contributed by atoms with E-state index in [1.54, 1.807) is 19.1 Å². The highest BCUT2D eigenvalue weighted by molar-refractivity contribution is 6.01. The molecule has 5 nitrogen and oxygen atoms in total. The Morgan fingerprint density at radius 2 is 1.76 bits per heavy atom. The third-order valence-corrected chi connectivity index (χ3v) is 7.25. The Balaban J connectivity index is 1.46. The fraction of sp³-hybridized carbons (Fsp3) is 0.241. The van der Waals surface area contributed by atoms with E-state index in [0.717, 1.165) is 39.7 Å². The quantitative estimate of drug-likeness (QED) is 0.292. The molecular weight excluding hydrogens is 498 g/mol. The summed E-state index contributed by atoms with van der Waals surface area (Å²) in [6.07, 6.45) is -4.79. The van der Waals surface area contributed by atoms with Gasteiger partial charge in [-0.1, -0.05) is 44.2 Å². The number of halogens is 4. The molecule has 4 aromatic rings. The van der Waals surface area contributed by atoms with Gasteiger partial charge >= 0.3 is 6.18 Å². The van der Waals surface area contributed by atoms with Crippen LogP contribution in [0, 0.1) is 11.7 Å². The molecule has 0 radical (unpaired) electrons. The van der Waals surface area contributed by atoms with Gasteiger partial charge in [0, 0.05) is 33.9 Å². The first-order valence-corrected chi connectivity index (χ1v) is 12.2. The van der Waals surface area contributed by atoms with Crippen LogP contribution in [0.5, 0.6) is 0 Å². The number of nitrogens with zero attached hydrogens (tertiary/aromatic N) is 1. The van der Waals surface area contributed by atoms with Crippen LogP contribution in [0.1, 0.15) is 52.5 Å². The largest absolute Gasteiger partial charge is 0.416 e. The van der Waals surface area contributed by atoms with E-state index >= 15 is 0 Å². The lowest BCUT2D eigenvalue weighted by molar-refractivity contribution is -0.138. The minimum absolute atomic E-state index is 0.227. The third-order valence-electron chi connectivity index (χ3n) is 7.25. The molecule has 1 aromatic heterocycles. The molecule has 1 aliphatic heterocycles. The van der Waals surface area contributed by atoms with E-state index in [1.807, 2.05) is 37.3 Å². The van der Waals surface area contributed by atoms with E-state index in [4.69, 9.17) is 0 Å². The number of aromatic amines is 1. The summed E-state index contributed by atoms with van der Waals surface area (Å²) in [6.45, 7) is 3.16. The summed E-state index contributed by atoms with van der Waals surface area (Å²) < 4.78 is 55.6. The van der Waals surface area contributed by atoms with Gasteiger partial charge in [-0.25, -0.2) is 4.39 Å². The zero-order valence-electron chi connectivity index (χ0n) is 20.7. The number of anilines is 1. The number of amides is 2. The van der Waals surface area contributed by atoms with Crippen LogP contribution in [0.25, 0.3) is 10.9 Å². The molecule has 38 heavy (non-hydrogen) atoms. The number of benzene rings is 3. The van der Waals surface area contributed by atoms with Crippen molar-refractivity contribution in [1.82, 2.24) is 10.3 Å². The fourth-order valence-electron chi connectivity index (χ4n) is 4.96. The van der Waals surface area contributed by atoms with Gasteiger partial charge in [0.1, 0.15) is 5.82 Å². The van der Waals surface area contributed by atoms with Crippen molar-refractivity contribution in [3.8, 4) is 0 Å². The summed E-state index contributed by atoms with van der Waals surface area (Å²) in [6, 6.07) is 17.2. The molecule has 3 aromatic carbocycles. The molecule has 2 heterocycles. The van der Waals surface area contributed by atoms with Crippen LogP contribution in [-0.4, -0.2) is 16.8 Å². The molecule has 9 heteroatoms. The third kappa shape index (κ3) is 4.64. The first-order valence-electron chi connectivity index (χ1n) is 12.2. The van der Waals surface area contributed by atoms with Crippen LogP contribution in [0.15, 0.2) is 66.7 Å². The zero-order chi connectivity index (χ0) is 27.2. The number of hydrogen-bond donors (Lipinski definition) is 2. The van der Waals surface area contributed by atoms with Gasteiger partial charge in [-0.2, -0.15) is 13.2 Å². The van der Waals surface area contributed by atoms with E-state index in [9.17, 15) is 27.2 Å². The summed E-state index contributed by atoms with van der Waals surface area (Å²) >= 11 is 0. The van der Waals surface area contributed by atoms with Crippen molar-refractivity contribution in [2.45, 2.75) is 39.0 Å². The Hall–Kier alpha value is -4.14. The number of H-pyrrole nitrogens is 1. The topological polar surface area (TPSA) is 65.2 Å². The van der Waals surface area contributed by atoms with Gasteiger partial charge in [-0.05, 0) is 53.3 Å². The molecule has 196 valence electrons. The van der Waals surface area contributed by atoms with Crippen molar-refractivity contribution in [2.24, 2.45) is 5.92 Å². The lowest BCUT2D eigenvalue weighted by Gasteiger charge is -2.37. The highest BCUT2D eigenvalue weighted by atomic mass is 19.4. The predicted octanol–water partition coefficient (Wildman–Crippen LogP) is 6.54. The van der Waals surface area contributed by atoms with E-state index in [0.29, 0.717) is 11.3 Å². The molecule has 0 aliphatic carbocycles. The Bertz CT molecular complexity index is 1510. The smallest absolute Gasteiger partial charge is 0.357 e. The number of fused-ring (bicyclic) bond motifs is 2. The first kappa shape index (κ1) is 25.5. The maximum atomic E-state index is 14.7. The standard InChI is InChI=1S/C29H25F4N3O2/c1-16-17(2)28(38)36(15-22-23(29(31,32)33)7-5-8-24(22)30)26-13-19(10-11-21(16)26)27(37)34-14-20-12-18-6-3-4-9-25(18)35-20/h3-13,16-17,35H,14-15H2,1-2H3,(H,34,37). The monoisotopic (exact) mass is 523 g/mol. The van der Waals surface area contributed by atoms with Crippen molar-refractivity contribution in [3.05, 3.63) is 100 Å². The Morgan fingerprint density at radius 3 is 2.50 bits per heavy atom. The molecule has 2 unspecified atom stereocenters. The number of alkyl halides is 3. The average Bonchev–Trinajstić information content (AvgIpc) is 3.31. The normalized spacial score (nSPS) is 17.5. The molecule has 0 bridgehead atoms. The highest BCUT2D eigenvalue weighted by Crippen LogP contribution is 2.42. The minimum atomic E-state index is -4.79. The molecule has 0 spiro atoms. The average molecular weight is 524 g/mol. The van der Waals surface area contributed by atoms with Crippen LogP contribution >= 0.6 is 0 Å². The highest BCUT2D eigenvalue weighted by Gasteiger charge is 2.39. The number of carbonyl (C=O) groups excluding carboxylic acids is 2. The van der Waals surface area contributed by atoms with Crippen LogP contribution in [0.4, 0.5) is 23.2 Å². The van der Waals surface area contributed by atoms with E-state index in [1.165, 1.54) is 6.07 Å². The van der Waals surface area contributed by atoms with Gasteiger partial charge in [0.05, 0.1) is 18.7 Å². The SMILES string of the molecule is CC1C(=O)N(Cc2c(F)cccc2C(F)(F)F)c2cc(C(=O)NCc3cc4ccccc4[nH]3)ccc2C1C. The summed E-state index contributed by atoms with van der Waals surface area (Å²) in [5, 5.41) is 3.84. The number of aromatic nitrogens is 1. The van der Waals surface area contributed by atoms with Crippen LogP contribution in [-0.2, 0) is 24.1 Å². The van der Waals surface area contributed by atoms with Crippen LogP contribution in [0.2, 0.25) is 0 Å². The Labute approximate surface area is 216 Å². The molecule has 1 aliphatic rings. The molecule has 2 atom stereocenters. The molecule has 2 amide bonds. The minimum Gasteiger partial charge on any atom is -0.357 e. The lowest BCUT2D eigenvalue weighted by Crippen LogP contribution is -2.42. The maximum Gasteiger partial charge on any atom is 0.416 e. The molecular formula is C29H25F4N3O2. The predicted molar refractivity (Wildman–Crippen MR) is 136 cm³/mol. The van der Waals surface area contributed by atoms with E-state index < -0.39 is 47.4 Å². The van der Waals surface area contributed by atoms with Crippen molar-refractivity contribution in [3.63, 3.8) is 0 Å². The number of para-hydroxylation sites is 1. The molecule has 0 saturated carbocycles. The van der Waals surface area contributed by atoms with Crippen molar-refractivity contribution < 1.29 is 27.2 Å². The lowest BCUT2D eigenvalue weighted by atomic mass is 9.82. The summed E-state index contributed by atoms with van der Waals surface area (Å²) in [7, 11) is 0. The number of rotatable bonds is 5. The fourth-order valence-corrected chi connectivity index (χ4v) is 4.96. The second kappa shape index (κ2) is 9.63. The number of nitrogens with one attached hydrogen (secondary N) is 2. The van der Waals surface area contributed by atoms with Crippen LogP contribution < -0.4 is 10.2 Å². The van der Waals surface area contributed by atoms with Crippen molar-refractivity contribution in [1.29, 1.82) is 0 Å². The Morgan fingerprint density at radius 1 is 1.00 bits per heavy atom. The van der Waals surface area contributed by atoms with Gasteiger partial charge in [0.15, 0.2) is 0 Å². The van der Waals surface area contributed by atoms with Crippen LogP contribution in [0.3, 0.4) is 0 Å². The summed E-state index contributed by atoms with van der Waals surface area (Å²) in [5.41, 5.74) is 1.23. The second-order valence-electron chi connectivity index (χ2n) is 9.60. The van der Waals surface area contributed by atoms with Gasteiger partial charge in [0.25, 0.3) is 5.91 Å². The van der Waals surface area contributed by atoms with Gasteiger partial charge in [0.2, 0.25) is 5.91 Å². The molecule has 2 N–H and O–H groups in total. The Kier molecular flexibility index (Phi) is 6.46. The molecule has 5 rings (SSSR count). The number of carbonyl (C=O) groups is 2. The molecule has 0 saturated heterocycles. The van der Waals surface area contributed by atoms with Gasteiger partial charge in [-0.15, -0.1) is 0 Å². The van der Waals surface area contributed by atoms with Crippen molar-refractivity contribution >= 4 is 28.4 Å². The van der Waals surface area contributed by atoms with E-state index in [2.05, 4.69) is 10.3 Å². The second-order valence-corrected chi connectivity index (χ2v) is 9.60. The maximum absolute atomic E-state index is 14.7. The van der Waals surface area contributed by atoms with Gasteiger partial charge < -0.3 is 15.2 Å².